The lowest BCUT2D eigenvalue weighted by Crippen LogP contribution is -2.24. The largest absolute Gasteiger partial charge is 0.361 e. The van der Waals surface area contributed by atoms with E-state index in [0.29, 0.717) is 11.6 Å². The highest BCUT2D eigenvalue weighted by Crippen LogP contribution is 2.40. The molecule has 0 bridgehead atoms. The van der Waals surface area contributed by atoms with Crippen molar-refractivity contribution in [2.24, 2.45) is 0 Å². The summed E-state index contributed by atoms with van der Waals surface area (Å²) in [5.41, 5.74) is 1.39. The topological polar surface area (TPSA) is 72.2 Å². The molecule has 6 heteroatoms. The Balaban J connectivity index is 1.58. The molecule has 1 aliphatic carbocycles. The first-order chi connectivity index (χ1) is 9.62. The SMILES string of the molecule is O=S(=O)(Cc1ccccc1)NCc1cc(C2CC2)on1. The van der Waals surface area contributed by atoms with Crippen LogP contribution in [0.1, 0.15) is 35.8 Å². The molecule has 0 aliphatic heterocycles. The molecule has 2 aromatic rings. The van der Waals surface area contributed by atoms with E-state index in [1.54, 1.807) is 12.1 Å². The number of nitrogens with zero attached hydrogens (tertiary/aromatic N) is 1. The van der Waals surface area contributed by atoms with Crippen LogP contribution in [0, 0.1) is 0 Å². The fourth-order valence-electron chi connectivity index (χ4n) is 2.00. The van der Waals surface area contributed by atoms with Gasteiger partial charge >= 0.3 is 0 Å². The average Bonchev–Trinajstić information content (AvgIpc) is 3.16. The summed E-state index contributed by atoms with van der Waals surface area (Å²) in [6, 6.07) is 10.9. The zero-order valence-corrected chi connectivity index (χ0v) is 11.8. The molecule has 1 aromatic heterocycles. The van der Waals surface area contributed by atoms with Crippen molar-refractivity contribution < 1.29 is 12.9 Å². The molecule has 0 radical (unpaired) electrons. The Kier molecular flexibility index (Phi) is 3.58. The summed E-state index contributed by atoms with van der Waals surface area (Å²) >= 11 is 0. The van der Waals surface area contributed by atoms with E-state index in [0.717, 1.165) is 24.2 Å². The molecule has 3 rings (SSSR count). The maximum Gasteiger partial charge on any atom is 0.216 e. The number of benzene rings is 1. The molecule has 1 N–H and O–H groups in total. The molecule has 106 valence electrons. The first-order valence-electron chi connectivity index (χ1n) is 6.59. The molecule has 0 amide bonds. The summed E-state index contributed by atoms with van der Waals surface area (Å²) in [6.07, 6.45) is 2.27. The van der Waals surface area contributed by atoms with Crippen LogP contribution in [0.2, 0.25) is 0 Å². The Morgan fingerprint density at radius 1 is 1.25 bits per heavy atom. The molecule has 0 unspecified atom stereocenters. The Labute approximate surface area is 118 Å². The summed E-state index contributed by atoms with van der Waals surface area (Å²) in [5, 5.41) is 3.89. The molecule has 1 aromatic carbocycles. The van der Waals surface area contributed by atoms with Crippen molar-refractivity contribution in [3.05, 3.63) is 53.4 Å². The monoisotopic (exact) mass is 292 g/mol. The number of aromatic nitrogens is 1. The number of hydrogen-bond acceptors (Lipinski definition) is 4. The maximum absolute atomic E-state index is 12.0. The smallest absolute Gasteiger partial charge is 0.216 e. The van der Waals surface area contributed by atoms with Gasteiger partial charge in [-0.25, -0.2) is 13.1 Å². The van der Waals surface area contributed by atoms with E-state index in [-0.39, 0.29) is 12.3 Å². The number of sulfonamides is 1. The minimum absolute atomic E-state index is 0.0266. The first kappa shape index (κ1) is 13.3. The van der Waals surface area contributed by atoms with Crippen LogP contribution in [-0.2, 0) is 22.3 Å². The standard InChI is InChI=1S/C14H16N2O3S/c17-20(18,10-11-4-2-1-3-5-11)15-9-13-8-14(19-16-13)12-6-7-12/h1-5,8,12,15H,6-7,9-10H2. The highest BCUT2D eigenvalue weighted by atomic mass is 32.2. The molecule has 5 nitrogen and oxygen atoms in total. The summed E-state index contributed by atoms with van der Waals surface area (Å²) in [7, 11) is -3.36. The Morgan fingerprint density at radius 2 is 2.00 bits per heavy atom. The molecule has 1 aliphatic rings. The molecule has 0 spiro atoms. The molecular formula is C14H16N2O3S. The van der Waals surface area contributed by atoms with Crippen molar-refractivity contribution in [1.82, 2.24) is 9.88 Å². The second kappa shape index (κ2) is 5.38. The van der Waals surface area contributed by atoms with Gasteiger partial charge in [0, 0.05) is 12.0 Å². The summed E-state index contributed by atoms with van der Waals surface area (Å²) in [5.74, 6) is 1.32. The van der Waals surface area contributed by atoms with Crippen LogP contribution in [0.25, 0.3) is 0 Å². The van der Waals surface area contributed by atoms with Gasteiger partial charge in [0.05, 0.1) is 18.0 Å². The van der Waals surface area contributed by atoms with Crippen molar-refractivity contribution in [1.29, 1.82) is 0 Å². The third-order valence-electron chi connectivity index (χ3n) is 3.23. The highest BCUT2D eigenvalue weighted by molar-refractivity contribution is 7.88. The van der Waals surface area contributed by atoms with Crippen LogP contribution < -0.4 is 4.72 Å². The van der Waals surface area contributed by atoms with E-state index in [2.05, 4.69) is 9.88 Å². The molecule has 20 heavy (non-hydrogen) atoms. The van der Waals surface area contributed by atoms with E-state index in [1.165, 1.54) is 0 Å². The van der Waals surface area contributed by atoms with Crippen molar-refractivity contribution >= 4 is 10.0 Å². The van der Waals surface area contributed by atoms with E-state index in [9.17, 15) is 8.42 Å². The summed E-state index contributed by atoms with van der Waals surface area (Å²) < 4.78 is 31.6. The van der Waals surface area contributed by atoms with Gasteiger partial charge in [-0.3, -0.25) is 0 Å². The van der Waals surface area contributed by atoms with Gasteiger partial charge in [0.1, 0.15) is 5.76 Å². The number of rotatable bonds is 6. The first-order valence-corrected chi connectivity index (χ1v) is 8.24. The van der Waals surface area contributed by atoms with Gasteiger partial charge in [-0.15, -0.1) is 0 Å². The predicted molar refractivity (Wildman–Crippen MR) is 74.4 cm³/mol. The molecule has 0 saturated heterocycles. The van der Waals surface area contributed by atoms with Crippen LogP contribution >= 0.6 is 0 Å². The van der Waals surface area contributed by atoms with E-state index >= 15 is 0 Å². The second-order valence-electron chi connectivity index (χ2n) is 5.06. The number of nitrogens with one attached hydrogen (secondary N) is 1. The van der Waals surface area contributed by atoms with Gasteiger partial charge in [0.2, 0.25) is 10.0 Å². The number of hydrogen-bond donors (Lipinski definition) is 1. The van der Waals surface area contributed by atoms with Gasteiger partial charge in [-0.05, 0) is 18.4 Å². The fourth-order valence-corrected chi connectivity index (χ4v) is 3.10. The maximum atomic E-state index is 12.0. The lowest BCUT2D eigenvalue weighted by atomic mass is 10.2. The molecule has 1 saturated carbocycles. The zero-order valence-electron chi connectivity index (χ0n) is 11.0. The van der Waals surface area contributed by atoms with Crippen molar-refractivity contribution in [2.45, 2.75) is 31.1 Å². The van der Waals surface area contributed by atoms with Gasteiger partial charge in [0.15, 0.2) is 0 Å². The molecule has 0 atom stereocenters. The van der Waals surface area contributed by atoms with Gasteiger partial charge in [-0.1, -0.05) is 35.5 Å². The van der Waals surface area contributed by atoms with Crippen LogP contribution in [0.5, 0.6) is 0 Å². The summed E-state index contributed by atoms with van der Waals surface area (Å²) in [4.78, 5) is 0. The quantitative estimate of drug-likeness (QED) is 0.885. The zero-order chi connectivity index (χ0) is 14.0. The van der Waals surface area contributed by atoms with E-state index in [1.807, 2.05) is 24.3 Å². The third-order valence-corrected chi connectivity index (χ3v) is 4.53. The van der Waals surface area contributed by atoms with Gasteiger partial charge in [0.25, 0.3) is 0 Å². The lowest BCUT2D eigenvalue weighted by molar-refractivity contribution is 0.377. The van der Waals surface area contributed by atoms with Crippen molar-refractivity contribution in [2.75, 3.05) is 0 Å². The second-order valence-corrected chi connectivity index (χ2v) is 6.87. The Morgan fingerprint density at radius 3 is 2.70 bits per heavy atom. The molecule has 1 heterocycles. The van der Waals surface area contributed by atoms with Gasteiger partial charge in [-0.2, -0.15) is 0 Å². The predicted octanol–water partition coefficient (Wildman–Crippen LogP) is 2.17. The normalized spacial score (nSPS) is 15.4. The van der Waals surface area contributed by atoms with Crippen molar-refractivity contribution in [3.63, 3.8) is 0 Å². The molecule has 1 fully saturated rings. The van der Waals surface area contributed by atoms with Gasteiger partial charge < -0.3 is 4.52 Å². The minimum atomic E-state index is -3.36. The van der Waals surface area contributed by atoms with Crippen LogP contribution in [-0.4, -0.2) is 13.6 Å². The van der Waals surface area contributed by atoms with Crippen LogP contribution in [0.4, 0.5) is 0 Å². The van der Waals surface area contributed by atoms with Crippen LogP contribution in [0.15, 0.2) is 40.9 Å². The Hall–Kier alpha value is -1.66. The van der Waals surface area contributed by atoms with Crippen molar-refractivity contribution in [3.8, 4) is 0 Å². The average molecular weight is 292 g/mol. The van der Waals surface area contributed by atoms with Crippen LogP contribution in [0.3, 0.4) is 0 Å². The molecular weight excluding hydrogens is 276 g/mol. The Bertz CT molecular complexity index is 675. The van der Waals surface area contributed by atoms with E-state index < -0.39 is 10.0 Å². The lowest BCUT2D eigenvalue weighted by Gasteiger charge is -2.04. The third kappa shape index (κ3) is 3.46. The highest BCUT2D eigenvalue weighted by Gasteiger charge is 2.27. The summed E-state index contributed by atoms with van der Waals surface area (Å²) in [6.45, 7) is 0.172. The fraction of sp³-hybridized carbons (Fsp3) is 0.357. The minimum Gasteiger partial charge on any atom is -0.361 e. The van der Waals surface area contributed by atoms with E-state index in [4.69, 9.17) is 4.52 Å².